The van der Waals surface area contributed by atoms with Crippen LogP contribution in [0.5, 0.6) is 0 Å². The van der Waals surface area contributed by atoms with Crippen molar-refractivity contribution in [3.8, 4) is 0 Å². The third-order valence-corrected chi connectivity index (χ3v) is 3.15. The summed E-state index contributed by atoms with van der Waals surface area (Å²) in [6.45, 7) is 7.16. The van der Waals surface area contributed by atoms with E-state index in [4.69, 9.17) is 11.6 Å². The van der Waals surface area contributed by atoms with Crippen molar-refractivity contribution in [1.29, 1.82) is 0 Å². The molecule has 0 aliphatic heterocycles. The molecule has 0 N–H and O–H groups in total. The lowest BCUT2D eigenvalue weighted by Gasteiger charge is -2.14. The quantitative estimate of drug-likeness (QED) is 0.792. The second-order valence-electron chi connectivity index (χ2n) is 4.92. The summed E-state index contributed by atoms with van der Waals surface area (Å²) in [5.41, 5.74) is -0.167. The average Bonchev–Trinajstić information content (AvgIpc) is 2.80. The molecule has 0 amide bonds. The Labute approximate surface area is 122 Å². The molecule has 2 heterocycles. The summed E-state index contributed by atoms with van der Waals surface area (Å²) in [5.74, 6) is 1.51. The second kappa shape index (κ2) is 6.17. The smallest absolute Gasteiger partial charge is 0.255 e. The summed E-state index contributed by atoms with van der Waals surface area (Å²) in [4.78, 5) is 20.6. The van der Waals surface area contributed by atoms with E-state index < -0.39 is 0 Å². The van der Waals surface area contributed by atoms with E-state index in [-0.39, 0.29) is 16.6 Å². The lowest BCUT2D eigenvalue weighted by atomic mass is 10.2. The Morgan fingerprint density at radius 1 is 1.40 bits per heavy atom. The molecule has 0 saturated carbocycles. The monoisotopic (exact) mass is 295 g/mol. The highest BCUT2D eigenvalue weighted by Gasteiger charge is 2.14. The van der Waals surface area contributed by atoms with Gasteiger partial charge in [-0.15, -0.1) is 0 Å². The van der Waals surface area contributed by atoms with E-state index in [9.17, 15) is 4.79 Å². The van der Waals surface area contributed by atoms with Crippen LogP contribution < -0.4 is 5.56 Å². The molecule has 7 heteroatoms. The summed E-state index contributed by atoms with van der Waals surface area (Å²) in [6, 6.07) is 1.33. The first-order valence-corrected chi connectivity index (χ1v) is 7.04. The fourth-order valence-electron chi connectivity index (χ4n) is 2.05. The van der Waals surface area contributed by atoms with Gasteiger partial charge in [0, 0.05) is 18.5 Å². The molecule has 0 aliphatic carbocycles. The Morgan fingerprint density at radius 3 is 2.80 bits per heavy atom. The van der Waals surface area contributed by atoms with E-state index in [1.165, 1.54) is 12.4 Å². The molecule has 2 aromatic heterocycles. The molecule has 2 rings (SSSR count). The van der Waals surface area contributed by atoms with E-state index in [0.717, 1.165) is 18.8 Å². The van der Waals surface area contributed by atoms with Gasteiger partial charge in [-0.05, 0) is 6.42 Å². The summed E-state index contributed by atoms with van der Waals surface area (Å²) >= 11 is 5.87. The van der Waals surface area contributed by atoms with Crippen LogP contribution in [0.3, 0.4) is 0 Å². The Balaban J connectivity index is 2.42. The van der Waals surface area contributed by atoms with Crippen molar-refractivity contribution in [2.45, 2.75) is 46.2 Å². The van der Waals surface area contributed by atoms with Gasteiger partial charge < -0.3 is 0 Å². The molecular formula is C13H18ClN5O. The van der Waals surface area contributed by atoms with Crippen LogP contribution in [0.2, 0.25) is 5.15 Å². The maximum Gasteiger partial charge on any atom is 0.255 e. The Kier molecular flexibility index (Phi) is 4.54. The molecule has 2 aromatic rings. The van der Waals surface area contributed by atoms with Gasteiger partial charge in [0.2, 0.25) is 0 Å². The Hall–Kier alpha value is -1.69. The van der Waals surface area contributed by atoms with E-state index in [1.54, 1.807) is 4.57 Å². The third-order valence-electron chi connectivity index (χ3n) is 2.95. The molecule has 108 valence electrons. The van der Waals surface area contributed by atoms with E-state index in [0.29, 0.717) is 12.4 Å². The SMILES string of the molecule is CCCn1ncnc1Cn1c(C(C)C)nc(Cl)cc1=O. The van der Waals surface area contributed by atoms with E-state index >= 15 is 0 Å². The summed E-state index contributed by atoms with van der Waals surface area (Å²) in [7, 11) is 0. The predicted octanol–water partition coefficient (Wildman–Crippen LogP) is 2.07. The van der Waals surface area contributed by atoms with Crippen LogP contribution in [0, 0.1) is 0 Å². The lowest BCUT2D eigenvalue weighted by molar-refractivity contribution is 0.532. The fraction of sp³-hybridized carbons (Fsp3) is 0.538. The van der Waals surface area contributed by atoms with Gasteiger partial charge in [0.1, 0.15) is 23.1 Å². The van der Waals surface area contributed by atoms with Gasteiger partial charge in [-0.2, -0.15) is 5.10 Å². The first kappa shape index (κ1) is 14.7. The minimum Gasteiger partial charge on any atom is -0.289 e. The first-order valence-electron chi connectivity index (χ1n) is 6.66. The van der Waals surface area contributed by atoms with Gasteiger partial charge >= 0.3 is 0 Å². The molecular weight excluding hydrogens is 278 g/mol. The zero-order valence-electron chi connectivity index (χ0n) is 11.9. The van der Waals surface area contributed by atoms with Crippen LogP contribution in [0.15, 0.2) is 17.2 Å². The molecule has 0 aliphatic rings. The highest BCUT2D eigenvalue weighted by molar-refractivity contribution is 6.29. The molecule has 0 aromatic carbocycles. The normalized spacial score (nSPS) is 11.2. The number of halogens is 1. The number of nitrogens with zero attached hydrogens (tertiary/aromatic N) is 5. The highest BCUT2D eigenvalue weighted by Crippen LogP contribution is 2.13. The summed E-state index contributed by atoms with van der Waals surface area (Å²) in [6.07, 6.45) is 2.47. The van der Waals surface area contributed by atoms with Gasteiger partial charge in [-0.25, -0.2) is 14.6 Å². The maximum atomic E-state index is 12.1. The van der Waals surface area contributed by atoms with Crippen molar-refractivity contribution in [2.75, 3.05) is 0 Å². The van der Waals surface area contributed by atoms with Crippen molar-refractivity contribution < 1.29 is 0 Å². The summed E-state index contributed by atoms with van der Waals surface area (Å²) in [5, 5.41) is 4.39. The van der Waals surface area contributed by atoms with Gasteiger partial charge in [-0.1, -0.05) is 32.4 Å². The van der Waals surface area contributed by atoms with Gasteiger partial charge in [0.25, 0.3) is 5.56 Å². The molecule has 0 fully saturated rings. The van der Waals surface area contributed by atoms with Crippen LogP contribution in [0.1, 0.15) is 44.8 Å². The zero-order valence-corrected chi connectivity index (χ0v) is 12.6. The number of aryl methyl sites for hydroxylation is 1. The fourth-order valence-corrected chi connectivity index (χ4v) is 2.22. The minimum atomic E-state index is -0.167. The molecule has 0 spiro atoms. The van der Waals surface area contributed by atoms with E-state index in [2.05, 4.69) is 22.0 Å². The number of hydrogen-bond acceptors (Lipinski definition) is 4. The molecule has 0 unspecified atom stereocenters. The van der Waals surface area contributed by atoms with Crippen LogP contribution >= 0.6 is 11.6 Å². The molecule has 0 saturated heterocycles. The number of rotatable bonds is 5. The van der Waals surface area contributed by atoms with Crippen LogP contribution in [0.25, 0.3) is 0 Å². The largest absolute Gasteiger partial charge is 0.289 e. The Bertz CT molecular complexity index is 646. The van der Waals surface area contributed by atoms with E-state index in [1.807, 2.05) is 18.5 Å². The van der Waals surface area contributed by atoms with Crippen LogP contribution in [-0.2, 0) is 13.1 Å². The molecule has 0 atom stereocenters. The van der Waals surface area contributed by atoms with Gasteiger partial charge in [-0.3, -0.25) is 9.36 Å². The molecule has 20 heavy (non-hydrogen) atoms. The average molecular weight is 296 g/mol. The molecule has 0 bridgehead atoms. The maximum absolute atomic E-state index is 12.1. The second-order valence-corrected chi connectivity index (χ2v) is 5.30. The summed E-state index contributed by atoms with van der Waals surface area (Å²) < 4.78 is 3.41. The highest BCUT2D eigenvalue weighted by atomic mass is 35.5. The van der Waals surface area contributed by atoms with Crippen molar-refractivity contribution in [1.82, 2.24) is 24.3 Å². The number of aromatic nitrogens is 5. The number of hydrogen-bond donors (Lipinski definition) is 0. The van der Waals surface area contributed by atoms with Crippen molar-refractivity contribution in [3.63, 3.8) is 0 Å². The van der Waals surface area contributed by atoms with Gasteiger partial charge in [0.05, 0.1) is 6.54 Å². The van der Waals surface area contributed by atoms with Crippen molar-refractivity contribution in [2.24, 2.45) is 0 Å². The first-order chi connectivity index (χ1) is 9.52. The zero-order chi connectivity index (χ0) is 14.7. The third kappa shape index (κ3) is 3.07. The topological polar surface area (TPSA) is 65.6 Å². The van der Waals surface area contributed by atoms with Crippen LogP contribution in [-0.4, -0.2) is 24.3 Å². The van der Waals surface area contributed by atoms with Crippen molar-refractivity contribution in [3.05, 3.63) is 39.5 Å². The minimum absolute atomic E-state index is 0.101. The van der Waals surface area contributed by atoms with Gasteiger partial charge in [0.15, 0.2) is 0 Å². The lowest BCUT2D eigenvalue weighted by Crippen LogP contribution is -2.27. The molecule has 6 nitrogen and oxygen atoms in total. The molecule has 0 radical (unpaired) electrons. The Morgan fingerprint density at radius 2 is 2.15 bits per heavy atom. The van der Waals surface area contributed by atoms with Crippen molar-refractivity contribution >= 4 is 11.6 Å². The standard InChI is InChI=1S/C13H18ClN5O/c1-4-5-19-11(15-8-16-19)7-18-12(20)6-10(14)17-13(18)9(2)3/h6,8-9H,4-5,7H2,1-3H3. The van der Waals surface area contributed by atoms with Crippen LogP contribution in [0.4, 0.5) is 0 Å². The predicted molar refractivity (Wildman–Crippen MR) is 77.0 cm³/mol.